The Labute approximate surface area is 120 Å². The van der Waals surface area contributed by atoms with E-state index in [-0.39, 0.29) is 5.91 Å². The van der Waals surface area contributed by atoms with Crippen molar-refractivity contribution in [3.8, 4) is 0 Å². The lowest BCUT2D eigenvalue weighted by molar-refractivity contribution is -0.130. The molecule has 4 heteroatoms. The van der Waals surface area contributed by atoms with Crippen LogP contribution in [0.2, 0.25) is 0 Å². The molecule has 1 aromatic rings. The number of likely N-dealkylation sites (N-methyl/N-ethyl adjacent to an activating group) is 1. The Morgan fingerprint density at radius 3 is 2.55 bits per heavy atom. The van der Waals surface area contributed by atoms with Crippen LogP contribution in [0.3, 0.4) is 0 Å². The van der Waals surface area contributed by atoms with Crippen LogP contribution in [0.15, 0.2) is 30.3 Å². The number of amides is 1. The van der Waals surface area contributed by atoms with Gasteiger partial charge in [0.25, 0.3) is 0 Å². The smallest absolute Gasteiger partial charge is 0.241 e. The van der Waals surface area contributed by atoms with Crippen molar-refractivity contribution < 1.29 is 4.79 Å². The zero-order chi connectivity index (χ0) is 13.9. The van der Waals surface area contributed by atoms with E-state index in [2.05, 4.69) is 10.6 Å². The molecule has 2 aliphatic rings. The molecule has 20 heavy (non-hydrogen) atoms. The third-order valence-corrected chi connectivity index (χ3v) is 4.61. The fourth-order valence-electron chi connectivity index (χ4n) is 3.41. The van der Waals surface area contributed by atoms with Crippen molar-refractivity contribution >= 4 is 11.6 Å². The summed E-state index contributed by atoms with van der Waals surface area (Å²) < 4.78 is 0. The molecular formula is C16H23N3O. The Morgan fingerprint density at radius 1 is 1.25 bits per heavy atom. The normalized spacial score (nSPS) is 28.1. The predicted octanol–water partition coefficient (Wildman–Crippen LogP) is 1.84. The van der Waals surface area contributed by atoms with Crippen LogP contribution in [0.4, 0.5) is 5.69 Å². The molecule has 2 saturated heterocycles. The highest BCUT2D eigenvalue weighted by Gasteiger charge is 2.36. The summed E-state index contributed by atoms with van der Waals surface area (Å²) in [5, 5.41) is 6.81. The van der Waals surface area contributed by atoms with Crippen LogP contribution in [0.5, 0.6) is 0 Å². The second-order valence-electron chi connectivity index (χ2n) is 5.99. The van der Waals surface area contributed by atoms with Gasteiger partial charge in [0, 0.05) is 30.9 Å². The van der Waals surface area contributed by atoms with Gasteiger partial charge >= 0.3 is 0 Å². The van der Waals surface area contributed by atoms with E-state index in [9.17, 15) is 4.79 Å². The van der Waals surface area contributed by atoms with Crippen molar-refractivity contribution in [1.82, 2.24) is 10.2 Å². The Balaban J connectivity index is 1.52. The minimum Gasteiger partial charge on any atom is -0.376 e. The lowest BCUT2D eigenvalue weighted by atomic mass is 9.98. The molecule has 108 valence electrons. The van der Waals surface area contributed by atoms with Gasteiger partial charge in [0.1, 0.15) is 0 Å². The van der Waals surface area contributed by atoms with E-state index in [1.165, 1.54) is 12.8 Å². The van der Waals surface area contributed by atoms with Crippen molar-refractivity contribution in [2.24, 2.45) is 0 Å². The van der Waals surface area contributed by atoms with Crippen LogP contribution in [-0.2, 0) is 4.79 Å². The topological polar surface area (TPSA) is 44.4 Å². The molecule has 2 fully saturated rings. The molecule has 2 atom stereocenters. The van der Waals surface area contributed by atoms with Crippen molar-refractivity contribution in [2.75, 3.05) is 18.9 Å². The lowest BCUT2D eigenvalue weighted by Crippen LogP contribution is -2.49. The first kappa shape index (κ1) is 13.4. The molecule has 2 unspecified atom stereocenters. The van der Waals surface area contributed by atoms with Gasteiger partial charge in [0.15, 0.2) is 0 Å². The van der Waals surface area contributed by atoms with Crippen LogP contribution in [-0.4, -0.2) is 42.5 Å². The van der Waals surface area contributed by atoms with Crippen molar-refractivity contribution in [3.05, 3.63) is 30.3 Å². The van der Waals surface area contributed by atoms with Crippen molar-refractivity contribution in [1.29, 1.82) is 0 Å². The van der Waals surface area contributed by atoms with E-state index in [0.29, 0.717) is 24.7 Å². The largest absolute Gasteiger partial charge is 0.376 e. The zero-order valence-corrected chi connectivity index (χ0v) is 12.0. The number of nitrogens with one attached hydrogen (secondary N) is 2. The maximum Gasteiger partial charge on any atom is 0.241 e. The molecule has 2 heterocycles. The number of nitrogens with zero attached hydrogens (tertiary/aromatic N) is 1. The van der Waals surface area contributed by atoms with Gasteiger partial charge in [-0.25, -0.2) is 0 Å². The quantitative estimate of drug-likeness (QED) is 0.880. The molecule has 0 spiro atoms. The fraction of sp³-hybridized carbons (Fsp3) is 0.562. The van der Waals surface area contributed by atoms with Crippen LogP contribution < -0.4 is 10.6 Å². The summed E-state index contributed by atoms with van der Waals surface area (Å²) in [6, 6.07) is 11.5. The number of para-hydroxylation sites is 1. The van der Waals surface area contributed by atoms with Crippen molar-refractivity contribution in [3.63, 3.8) is 0 Å². The highest BCUT2D eigenvalue weighted by atomic mass is 16.2. The maximum atomic E-state index is 12.3. The minimum atomic E-state index is 0.181. The number of anilines is 1. The molecular weight excluding hydrogens is 250 g/mol. The molecule has 3 rings (SSSR count). The van der Waals surface area contributed by atoms with E-state index in [1.54, 1.807) is 0 Å². The molecule has 0 aliphatic carbocycles. The number of piperidine rings is 1. The van der Waals surface area contributed by atoms with Crippen LogP contribution >= 0.6 is 0 Å². The lowest BCUT2D eigenvalue weighted by Gasteiger charge is -2.35. The summed E-state index contributed by atoms with van der Waals surface area (Å²) in [7, 11) is 1.95. The van der Waals surface area contributed by atoms with Gasteiger partial charge in [-0.05, 0) is 37.8 Å². The molecule has 4 nitrogen and oxygen atoms in total. The van der Waals surface area contributed by atoms with E-state index >= 15 is 0 Å². The Bertz CT molecular complexity index is 450. The number of rotatable bonds is 4. The molecule has 2 bridgehead atoms. The van der Waals surface area contributed by atoms with E-state index in [1.807, 2.05) is 42.3 Å². The van der Waals surface area contributed by atoms with Gasteiger partial charge in [-0.1, -0.05) is 18.2 Å². The van der Waals surface area contributed by atoms with E-state index < -0.39 is 0 Å². The number of carbonyl (C=O) groups excluding carboxylic acids is 1. The first-order chi connectivity index (χ1) is 9.72. The molecule has 0 radical (unpaired) electrons. The van der Waals surface area contributed by atoms with Gasteiger partial charge in [-0.15, -0.1) is 0 Å². The molecule has 1 amide bonds. The summed E-state index contributed by atoms with van der Waals surface area (Å²) >= 11 is 0. The second kappa shape index (κ2) is 5.83. The summed E-state index contributed by atoms with van der Waals surface area (Å²) in [6.45, 7) is 0.375. The Kier molecular flexibility index (Phi) is 3.92. The Morgan fingerprint density at radius 2 is 1.90 bits per heavy atom. The molecule has 0 saturated carbocycles. The summed E-state index contributed by atoms with van der Waals surface area (Å²) in [5.41, 5.74) is 1.000. The zero-order valence-electron chi connectivity index (χ0n) is 12.0. The van der Waals surface area contributed by atoms with Crippen molar-refractivity contribution in [2.45, 2.75) is 43.8 Å². The van der Waals surface area contributed by atoms with Gasteiger partial charge in [0.05, 0.1) is 6.54 Å². The number of hydrogen-bond donors (Lipinski definition) is 2. The van der Waals surface area contributed by atoms with Gasteiger partial charge in [-0.2, -0.15) is 0 Å². The molecule has 0 aromatic heterocycles. The van der Waals surface area contributed by atoms with Crippen LogP contribution in [0.1, 0.15) is 25.7 Å². The third-order valence-electron chi connectivity index (χ3n) is 4.61. The molecule has 1 aromatic carbocycles. The first-order valence-corrected chi connectivity index (χ1v) is 7.53. The third kappa shape index (κ3) is 2.96. The summed E-state index contributed by atoms with van der Waals surface area (Å²) in [5.74, 6) is 0.181. The van der Waals surface area contributed by atoms with E-state index in [4.69, 9.17) is 0 Å². The Hall–Kier alpha value is -1.55. The monoisotopic (exact) mass is 273 g/mol. The van der Waals surface area contributed by atoms with E-state index in [0.717, 1.165) is 18.5 Å². The van der Waals surface area contributed by atoms with Gasteiger partial charge in [0.2, 0.25) is 5.91 Å². The summed E-state index contributed by atoms with van der Waals surface area (Å²) in [6.07, 6.45) is 4.74. The first-order valence-electron chi connectivity index (χ1n) is 7.53. The standard InChI is InChI=1S/C16H23N3O/c1-19(15-9-13-7-8-14(10-15)18-13)16(20)11-17-12-5-3-2-4-6-12/h2-6,13-15,17-18H,7-11H2,1H3. The number of fused-ring (bicyclic) bond motifs is 2. The summed E-state index contributed by atoms with van der Waals surface area (Å²) in [4.78, 5) is 14.2. The van der Waals surface area contributed by atoms with Crippen LogP contribution in [0.25, 0.3) is 0 Å². The van der Waals surface area contributed by atoms with Gasteiger partial charge < -0.3 is 15.5 Å². The highest BCUT2D eigenvalue weighted by molar-refractivity contribution is 5.80. The number of hydrogen-bond acceptors (Lipinski definition) is 3. The minimum absolute atomic E-state index is 0.181. The number of benzene rings is 1. The fourth-order valence-corrected chi connectivity index (χ4v) is 3.41. The number of carbonyl (C=O) groups is 1. The highest BCUT2D eigenvalue weighted by Crippen LogP contribution is 2.29. The SMILES string of the molecule is CN(C(=O)CNc1ccccc1)C1CC2CCC(C1)N2. The van der Waals surface area contributed by atoms with Crippen LogP contribution in [0, 0.1) is 0 Å². The second-order valence-corrected chi connectivity index (χ2v) is 5.99. The molecule has 2 N–H and O–H groups in total. The van der Waals surface area contributed by atoms with Gasteiger partial charge in [-0.3, -0.25) is 4.79 Å². The molecule has 2 aliphatic heterocycles. The predicted molar refractivity (Wildman–Crippen MR) is 80.7 cm³/mol. The average molecular weight is 273 g/mol. The average Bonchev–Trinajstić information content (AvgIpc) is 2.83. The maximum absolute atomic E-state index is 12.3.